The Balaban J connectivity index is 1.65. The number of Topliss-reactive ketones (excluding diaryl/α,β-unsaturated/α-hetero) is 1. The first-order chi connectivity index (χ1) is 13.4. The molecule has 0 spiro atoms. The summed E-state index contributed by atoms with van der Waals surface area (Å²) in [6.07, 6.45) is 2.85. The molecular weight excluding hydrogens is 376 g/mol. The third-order valence-corrected chi connectivity index (χ3v) is 5.15. The van der Waals surface area contributed by atoms with Gasteiger partial charge in [-0.2, -0.15) is 0 Å². The molecule has 28 heavy (non-hydrogen) atoms. The van der Waals surface area contributed by atoms with E-state index in [9.17, 15) is 14.4 Å². The number of rotatable bonds is 7. The Bertz CT molecular complexity index is 992. The van der Waals surface area contributed by atoms with E-state index in [1.165, 1.54) is 18.3 Å². The minimum absolute atomic E-state index is 0.134. The van der Waals surface area contributed by atoms with Gasteiger partial charge in [0.2, 0.25) is 11.7 Å². The van der Waals surface area contributed by atoms with Crippen molar-refractivity contribution in [3.63, 3.8) is 0 Å². The zero-order chi connectivity index (χ0) is 20.1. The van der Waals surface area contributed by atoms with Gasteiger partial charge in [-0.25, -0.2) is 4.79 Å². The Morgan fingerprint density at radius 1 is 1.11 bits per heavy atom. The quantitative estimate of drug-likeness (QED) is 0.489. The van der Waals surface area contributed by atoms with Crippen LogP contribution in [0, 0.1) is 0 Å². The van der Waals surface area contributed by atoms with Crippen LogP contribution in [0.3, 0.4) is 0 Å². The summed E-state index contributed by atoms with van der Waals surface area (Å²) >= 11 is 1.28. The van der Waals surface area contributed by atoms with Crippen molar-refractivity contribution < 1.29 is 19.1 Å². The second-order valence-electron chi connectivity index (χ2n) is 6.23. The maximum Gasteiger partial charge on any atom is 0.338 e. The van der Waals surface area contributed by atoms with Gasteiger partial charge in [-0.15, -0.1) is 11.3 Å². The van der Waals surface area contributed by atoms with Gasteiger partial charge < -0.3 is 14.6 Å². The van der Waals surface area contributed by atoms with Gasteiger partial charge in [-0.05, 0) is 49.4 Å². The van der Waals surface area contributed by atoms with Crippen molar-refractivity contribution >= 4 is 29.0 Å². The smallest absolute Gasteiger partial charge is 0.338 e. The summed E-state index contributed by atoms with van der Waals surface area (Å²) in [6, 6.07) is 14.3. The van der Waals surface area contributed by atoms with Crippen LogP contribution in [0.1, 0.15) is 38.8 Å². The third kappa shape index (κ3) is 4.75. The Morgan fingerprint density at radius 2 is 1.86 bits per heavy atom. The summed E-state index contributed by atoms with van der Waals surface area (Å²) in [5.41, 5.74) is 1.21. The van der Waals surface area contributed by atoms with Crippen LogP contribution in [-0.2, 0) is 16.1 Å². The fraction of sp³-hybridized carbons (Fsp3) is 0.190. The van der Waals surface area contributed by atoms with Crippen LogP contribution in [-0.4, -0.2) is 28.3 Å². The molecular formula is C21H20N2O4S. The van der Waals surface area contributed by atoms with Crippen LogP contribution in [0.15, 0.2) is 60.9 Å². The van der Waals surface area contributed by atoms with E-state index in [1.807, 2.05) is 35.2 Å². The summed E-state index contributed by atoms with van der Waals surface area (Å²) in [4.78, 5) is 37.4. The number of benzene rings is 1. The Labute approximate surface area is 166 Å². The van der Waals surface area contributed by atoms with Gasteiger partial charge in [-0.1, -0.05) is 6.07 Å². The molecule has 3 aromatic rings. The lowest BCUT2D eigenvalue weighted by Gasteiger charge is -2.12. The summed E-state index contributed by atoms with van der Waals surface area (Å²) in [6.45, 7) is 3.36. The number of hydrogen-bond acceptors (Lipinski definition) is 5. The van der Waals surface area contributed by atoms with E-state index in [-0.39, 0.29) is 11.7 Å². The van der Waals surface area contributed by atoms with Gasteiger partial charge in [0.15, 0.2) is 6.10 Å². The number of ketones is 1. The first kappa shape index (κ1) is 19.6. The number of thiophene rings is 1. The van der Waals surface area contributed by atoms with Crippen molar-refractivity contribution in [3.05, 3.63) is 76.2 Å². The van der Waals surface area contributed by atoms with E-state index in [0.717, 1.165) is 10.6 Å². The molecule has 144 valence electrons. The molecule has 0 saturated heterocycles. The lowest BCUT2D eigenvalue weighted by atomic mass is 10.2. The molecule has 2 aromatic heterocycles. The highest BCUT2D eigenvalue weighted by Crippen LogP contribution is 2.20. The molecule has 0 saturated carbocycles. The zero-order valence-corrected chi connectivity index (χ0v) is 16.4. The molecule has 0 aliphatic heterocycles. The fourth-order valence-electron chi connectivity index (χ4n) is 2.60. The number of esters is 1. The third-order valence-electron chi connectivity index (χ3n) is 4.05. The summed E-state index contributed by atoms with van der Waals surface area (Å²) in [7, 11) is 0. The number of nitrogens with zero attached hydrogens (tertiary/aromatic N) is 1. The number of amides is 1. The minimum Gasteiger partial charge on any atom is -0.451 e. The van der Waals surface area contributed by atoms with Crippen LogP contribution >= 0.6 is 11.3 Å². The second kappa shape index (κ2) is 8.67. The molecule has 0 radical (unpaired) electrons. The number of aromatic nitrogens is 1. The summed E-state index contributed by atoms with van der Waals surface area (Å²) < 4.78 is 7.25. The van der Waals surface area contributed by atoms with E-state index >= 15 is 0 Å². The highest BCUT2D eigenvalue weighted by atomic mass is 32.1. The molecule has 1 N–H and O–H groups in total. The SMILES string of the molecule is CC(=O)NCc1ccc(C(=O)C(C)OC(=O)c2cccc(-n3cccc3)c2)s1. The fourth-order valence-corrected chi connectivity index (χ4v) is 3.57. The zero-order valence-electron chi connectivity index (χ0n) is 15.5. The number of carbonyl (C=O) groups is 3. The first-order valence-corrected chi connectivity index (χ1v) is 9.57. The molecule has 6 nitrogen and oxygen atoms in total. The van der Waals surface area contributed by atoms with E-state index in [2.05, 4.69) is 5.32 Å². The van der Waals surface area contributed by atoms with Crippen LogP contribution in [0.4, 0.5) is 0 Å². The highest BCUT2D eigenvalue weighted by molar-refractivity contribution is 7.14. The standard InChI is InChI=1S/C21H20N2O4S/c1-14(20(25)19-9-8-18(28-19)13-22-15(2)24)27-21(26)16-6-5-7-17(12-16)23-10-3-4-11-23/h3-12,14H,13H2,1-2H3,(H,22,24). The van der Waals surface area contributed by atoms with Crippen LogP contribution in [0.5, 0.6) is 0 Å². The van der Waals surface area contributed by atoms with Gasteiger partial charge >= 0.3 is 5.97 Å². The predicted molar refractivity (Wildman–Crippen MR) is 107 cm³/mol. The molecule has 3 rings (SSSR count). The Hall–Kier alpha value is -3.19. The molecule has 1 unspecified atom stereocenters. The van der Waals surface area contributed by atoms with Gasteiger partial charge in [0, 0.05) is 29.9 Å². The lowest BCUT2D eigenvalue weighted by Crippen LogP contribution is -2.23. The Morgan fingerprint density at radius 3 is 2.57 bits per heavy atom. The van der Waals surface area contributed by atoms with Crippen molar-refractivity contribution in [1.82, 2.24) is 9.88 Å². The molecule has 2 heterocycles. The minimum atomic E-state index is -0.907. The van der Waals surface area contributed by atoms with Gasteiger partial charge in [-0.3, -0.25) is 9.59 Å². The van der Waals surface area contributed by atoms with Crippen LogP contribution in [0.25, 0.3) is 5.69 Å². The average molecular weight is 396 g/mol. The van der Waals surface area contributed by atoms with Crippen molar-refractivity contribution in [1.29, 1.82) is 0 Å². The van der Waals surface area contributed by atoms with E-state index in [4.69, 9.17) is 4.74 Å². The molecule has 1 atom stereocenters. The second-order valence-corrected chi connectivity index (χ2v) is 7.40. The summed E-state index contributed by atoms with van der Waals surface area (Å²) in [5, 5.41) is 2.69. The number of ether oxygens (including phenoxy) is 1. The molecule has 7 heteroatoms. The topological polar surface area (TPSA) is 77.4 Å². The first-order valence-electron chi connectivity index (χ1n) is 8.76. The molecule has 0 bridgehead atoms. The monoisotopic (exact) mass is 396 g/mol. The van der Waals surface area contributed by atoms with Crippen LogP contribution in [0.2, 0.25) is 0 Å². The molecule has 0 aliphatic carbocycles. The van der Waals surface area contributed by atoms with Crippen molar-refractivity contribution in [2.75, 3.05) is 0 Å². The molecule has 1 amide bonds. The molecule has 0 aliphatic rings. The van der Waals surface area contributed by atoms with Gasteiger partial charge in [0.05, 0.1) is 17.0 Å². The number of carbonyl (C=O) groups excluding carboxylic acids is 3. The van der Waals surface area contributed by atoms with Crippen molar-refractivity contribution in [3.8, 4) is 5.69 Å². The number of nitrogens with one attached hydrogen (secondary N) is 1. The normalized spacial score (nSPS) is 11.6. The maximum atomic E-state index is 12.6. The molecule has 0 fully saturated rings. The average Bonchev–Trinajstić information content (AvgIpc) is 3.37. The lowest BCUT2D eigenvalue weighted by molar-refractivity contribution is -0.119. The van der Waals surface area contributed by atoms with Crippen molar-refractivity contribution in [2.24, 2.45) is 0 Å². The van der Waals surface area contributed by atoms with E-state index in [1.54, 1.807) is 37.3 Å². The van der Waals surface area contributed by atoms with E-state index < -0.39 is 12.1 Å². The van der Waals surface area contributed by atoms with E-state index in [0.29, 0.717) is 17.0 Å². The molecule has 1 aromatic carbocycles. The highest BCUT2D eigenvalue weighted by Gasteiger charge is 2.22. The predicted octanol–water partition coefficient (Wildman–Crippen LogP) is 3.60. The Kier molecular flexibility index (Phi) is 6.06. The largest absolute Gasteiger partial charge is 0.451 e. The van der Waals surface area contributed by atoms with Crippen molar-refractivity contribution in [2.45, 2.75) is 26.5 Å². The number of hydrogen-bond donors (Lipinski definition) is 1. The van der Waals surface area contributed by atoms with Crippen LogP contribution < -0.4 is 5.32 Å². The van der Waals surface area contributed by atoms with Gasteiger partial charge in [0.25, 0.3) is 0 Å². The van der Waals surface area contributed by atoms with Gasteiger partial charge in [0.1, 0.15) is 0 Å². The summed E-state index contributed by atoms with van der Waals surface area (Å²) in [5.74, 6) is -0.954. The maximum absolute atomic E-state index is 12.6.